The second-order valence-electron chi connectivity index (χ2n) is 7.66. The maximum atomic E-state index is 12.7. The predicted octanol–water partition coefficient (Wildman–Crippen LogP) is 2.62. The molecular weight excluding hydrogens is 392 g/mol. The molecule has 2 aromatic carbocycles. The molecule has 0 aliphatic carbocycles. The summed E-state index contributed by atoms with van der Waals surface area (Å²) in [4.78, 5) is 18.4. The second kappa shape index (κ2) is 10.2. The first kappa shape index (κ1) is 21.0. The molecule has 0 N–H and O–H groups in total. The third kappa shape index (κ3) is 5.46. The van der Waals surface area contributed by atoms with Crippen LogP contribution in [0.15, 0.2) is 54.6 Å². The fourth-order valence-electron chi connectivity index (χ4n) is 3.70. The highest BCUT2D eigenvalue weighted by Crippen LogP contribution is 2.23. The van der Waals surface area contributed by atoms with Crippen molar-refractivity contribution in [2.75, 3.05) is 38.3 Å². The van der Waals surface area contributed by atoms with Gasteiger partial charge in [0, 0.05) is 44.4 Å². The predicted molar refractivity (Wildman–Crippen MR) is 118 cm³/mol. The number of carbonyl (C=O) groups is 1. The molecule has 1 amide bonds. The Kier molecular flexibility index (Phi) is 6.89. The molecule has 31 heavy (non-hydrogen) atoms. The Bertz CT molecular complexity index is 984. The minimum absolute atomic E-state index is 0.111. The number of nitrogens with zero attached hydrogens (tertiary/aromatic N) is 6. The zero-order valence-electron chi connectivity index (χ0n) is 17.9. The monoisotopic (exact) mass is 420 g/mol. The van der Waals surface area contributed by atoms with E-state index in [9.17, 15) is 4.79 Å². The minimum Gasteiger partial charge on any atom is -0.378 e. The number of tetrazole rings is 1. The second-order valence-corrected chi connectivity index (χ2v) is 7.66. The van der Waals surface area contributed by atoms with Gasteiger partial charge >= 0.3 is 0 Å². The highest BCUT2D eigenvalue weighted by atomic mass is 16.5. The van der Waals surface area contributed by atoms with Crippen LogP contribution in [0.2, 0.25) is 0 Å². The zero-order valence-corrected chi connectivity index (χ0v) is 17.9. The molecule has 3 aromatic rings. The Hall–Kier alpha value is -3.26. The molecule has 1 aliphatic heterocycles. The summed E-state index contributed by atoms with van der Waals surface area (Å²) in [5.74, 6) is 0.712. The standard InChI is InChI=1S/C23H28N6O2/c1-27(18-20-10-5-6-11-21(20)28-14-16-31-17-15-28)22(30)12-7-13-29-25-23(24-26-29)19-8-3-2-4-9-19/h2-6,8-11H,7,12-18H2,1H3. The van der Waals surface area contributed by atoms with Gasteiger partial charge in [0.25, 0.3) is 0 Å². The van der Waals surface area contributed by atoms with Crippen molar-refractivity contribution in [3.63, 3.8) is 0 Å². The van der Waals surface area contributed by atoms with Crippen molar-refractivity contribution < 1.29 is 9.53 Å². The molecule has 0 saturated carbocycles. The van der Waals surface area contributed by atoms with Crippen molar-refractivity contribution in [1.82, 2.24) is 25.1 Å². The highest BCUT2D eigenvalue weighted by molar-refractivity contribution is 5.76. The molecule has 0 atom stereocenters. The van der Waals surface area contributed by atoms with E-state index in [1.54, 1.807) is 9.70 Å². The summed E-state index contributed by atoms with van der Waals surface area (Å²) >= 11 is 0. The van der Waals surface area contributed by atoms with Crippen molar-refractivity contribution in [2.45, 2.75) is 25.9 Å². The van der Waals surface area contributed by atoms with Crippen molar-refractivity contribution >= 4 is 11.6 Å². The summed E-state index contributed by atoms with van der Waals surface area (Å²) < 4.78 is 5.46. The van der Waals surface area contributed by atoms with Crippen LogP contribution in [-0.2, 0) is 22.6 Å². The van der Waals surface area contributed by atoms with Crippen LogP contribution in [0.3, 0.4) is 0 Å². The number of amides is 1. The Morgan fingerprint density at radius 1 is 1.06 bits per heavy atom. The Labute approximate surface area is 182 Å². The summed E-state index contributed by atoms with van der Waals surface area (Å²) in [7, 11) is 1.86. The summed E-state index contributed by atoms with van der Waals surface area (Å²) in [6.45, 7) is 4.39. The van der Waals surface area contributed by atoms with Gasteiger partial charge in [-0.1, -0.05) is 48.5 Å². The first-order chi connectivity index (χ1) is 15.2. The van der Waals surface area contributed by atoms with E-state index in [0.717, 1.165) is 37.4 Å². The van der Waals surface area contributed by atoms with Crippen molar-refractivity contribution in [1.29, 1.82) is 0 Å². The van der Waals surface area contributed by atoms with Crippen LogP contribution in [0.1, 0.15) is 18.4 Å². The number of benzene rings is 2. The van der Waals surface area contributed by atoms with E-state index in [1.807, 2.05) is 49.5 Å². The maximum absolute atomic E-state index is 12.7. The van der Waals surface area contributed by atoms with Crippen LogP contribution in [0, 0.1) is 0 Å². The largest absolute Gasteiger partial charge is 0.378 e. The lowest BCUT2D eigenvalue weighted by atomic mass is 10.1. The van der Waals surface area contributed by atoms with Crippen molar-refractivity contribution in [3.8, 4) is 11.4 Å². The number of hydrogen-bond acceptors (Lipinski definition) is 6. The lowest BCUT2D eigenvalue weighted by molar-refractivity contribution is -0.130. The van der Waals surface area contributed by atoms with E-state index in [2.05, 4.69) is 32.4 Å². The number of carbonyl (C=O) groups excluding carboxylic acids is 1. The van der Waals surface area contributed by atoms with Gasteiger partial charge in [0.05, 0.1) is 19.8 Å². The smallest absolute Gasteiger partial charge is 0.222 e. The molecule has 1 aromatic heterocycles. The van der Waals surface area contributed by atoms with Crippen LogP contribution < -0.4 is 4.90 Å². The summed E-state index contributed by atoms with van der Waals surface area (Å²) in [5, 5.41) is 12.6. The van der Waals surface area contributed by atoms with Crippen LogP contribution in [0.5, 0.6) is 0 Å². The molecule has 2 heterocycles. The van der Waals surface area contributed by atoms with Crippen molar-refractivity contribution in [2.24, 2.45) is 0 Å². The number of para-hydroxylation sites is 1. The van der Waals surface area contributed by atoms with Gasteiger partial charge in [-0.25, -0.2) is 0 Å². The Morgan fingerprint density at radius 3 is 2.61 bits per heavy atom. The van der Waals surface area contributed by atoms with E-state index in [0.29, 0.717) is 31.8 Å². The Morgan fingerprint density at radius 2 is 1.81 bits per heavy atom. The molecular formula is C23H28N6O2. The number of anilines is 1. The molecule has 1 saturated heterocycles. The highest BCUT2D eigenvalue weighted by Gasteiger charge is 2.17. The van der Waals surface area contributed by atoms with E-state index in [1.165, 1.54) is 5.69 Å². The SMILES string of the molecule is CN(Cc1ccccc1N1CCOCC1)C(=O)CCCn1nnc(-c2ccccc2)n1. The molecule has 1 fully saturated rings. The zero-order chi connectivity index (χ0) is 21.5. The quantitative estimate of drug-likeness (QED) is 0.558. The number of aromatic nitrogens is 4. The van der Waals surface area contributed by atoms with Crippen LogP contribution >= 0.6 is 0 Å². The van der Waals surface area contributed by atoms with E-state index in [-0.39, 0.29) is 5.91 Å². The van der Waals surface area contributed by atoms with Crippen LogP contribution in [0.4, 0.5) is 5.69 Å². The molecule has 162 valence electrons. The van der Waals surface area contributed by atoms with Gasteiger partial charge in [0.2, 0.25) is 11.7 Å². The Balaban J connectivity index is 1.28. The molecule has 0 bridgehead atoms. The van der Waals surface area contributed by atoms with E-state index in [4.69, 9.17) is 4.74 Å². The maximum Gasteiger partial charge on any atom is 0.222 e. The number of aryl methyl sites for hydroxylation is 1. The number of morpholine rings is 1. The van der Waals surface area contributed by atoms with Gasteiger partial charge < -0.3 is 14.5 Å². The summed E-state index contributed by atoms with van der Waals surface area (Å²) in [6.07, 6.45) is 1.11. The fraction of sp³-hybridized carbons (Fsp3) is 0.391. The third-order valence-corrected chi connectivity index (χ3v) is 5.41. The molecule has 0 radical (unpaired) electrons. The van der Waals surface area contributed by atoms with Gasteiger partial charge in [0.15, 0.2) is 0 Å². The van der Waals surface area contributed by atoms with Crippen molar-refractivity contribution in [3.05, 3.63) is 60.2 Å². The van der Waals surface area contributed by atoms with Gasteiger partial charge in [-0.05, 0) is 23.3 Å². The average Bonchev–Trinajstić information content (AvgIpc) is 3.29. The molecule has 4 rings (SSSR count). The number of hydrogen-bond donors (Lipinski definition) is 0. The lowest BCUT2D eigenvalue weighted by Crippen LogP contribution is -2.37. The first-order valence-electron chi connectivity index (χ1n) is 10.7. The van der Waals surface area contributed by atoms with Gasteiger partial charge in [-0.3, -0.25) is 4.79 Å². The van der Waals surface area contributed by atoms with E-state index >= 15 is 0 Å². The van der Waals surface area contributed by atoms with Gasteiger partial charge in [0.1, 0.15) is 0 Å². The third-order valence-electron chi connectivity index (χ3n) is 5.41. The fourth-order valence-corrected chi connectivity index (χ4v) is 3.70. The normalized spacial score (nSPS) is 13.9. The minimum atomic E-state index is 0.111. The molecule has 8 heteroatoms. The topological polar surface area (TPSA) is 76.4 Å². The number of ether oxygens (including phenoxy) is 1. The van der Waals surface area contributed by atoms with E-state index < -0.39 is 0 Å². The first-order valence-corrected chi connectivity index (χ1v) is 10.7. The van der Waals surface area contributed by atoms with Crippen LogP contribution in [-0.4, -0.2) is 64.4 Å². The van der Waals surface area contributed by atoms with Gasteiger partial charge in [-0.2, -0.15) is 4.80 Å². The summed E-state index contributed by atoms with van der Waals surface area (Å²) in [6, 6.07) is 18.0. The van der Waals surface area contributed by atoms with Gasteiger partial charge in [-0.15, -0.1) is 10.2 Å². The van der Waals surface area contributed by atoms with Crippen LogP contribution in [0.25, 0.3) is 11.4 Å². The molecule has 0 unspecified atom stereocenters. The molecule has 0 spiro atoms. The average molecular weight is 421 g/mol. The summed E-state index contributed by atoms with van der Waals surface area (Å²) in [5.41, 5.74) is 3.28. The molecule has 8 nitrogen and oxygen atoms in total. The lowest BCUT2D eigenvalue weighted by Gasteiger charge is -2.31. The number of rotatable bonds is 8. The molecule has 1 aliphatic rings.